The monoisotopic (exact) mass is 297 g/mol. The van der Waals surface area contributed by atoms with Crippen LogP contribution < -0.4 is 0 Å². The van der Waals surface area contributed by atoms with Gasteiger partial charge in [-0.25, -0.2) is 0 Å². The van der Waals surface area contributed by atoms with E-state index in [4.69, 9.17) is 0 Å². The zero-order valence-corrected chi connectivity index (χ0v) is 13.3. The van der Waals surface area contributed by atoms with Crippen LogP contribution >= 0.6 is 0 Å². The van der Waals surface area contributed by atoms with Crippen LogP contribution in [0.3, 0.4) is 0 Å². The van der Waals surface area contributed by atoms with Crippen molar-refractivity contribution in [2.24, 2.45) is 7.05 Å². The molecule has 22 heavy (non-hydrogen) atoms. The number of benzene rings is 1. The highest BCUT2D eigenvalue weighted by atomic mass is 16.2. The maximum Gasteiger partial charge on any atom is 0.223 e. The molecular formula is C18H23N3O. The molecule has 1 aliphatic rings. The van der Waals surface area contributed by atoms with Crippen molar-refractivity contribution in [2.75, 3.05) is 6.54 Å². The fraction of sp³-hybridized carbons (Fsp3) is 0.444. The van der Waals surface area contributed by atoms with Gasteiger partial charge in [-0.15, -0.1) is 0 Å². The van der Waals surface area contributed by atoms with Gasteiger partial charge in [0, 0.05) is 31.9 Å². The first kappa shape index (κ1) is 14.8. The summed E-state index contributed by atoms with van der Waals surface area (Å²) in [6.07, 6.45) is 5.26. The number of hydrogen-bond donors (Lipinski definition) is 0. The van der Waals surface area contributed by atoms with E-state index in [0.717, 1.165) is 31.5 Å². The van der Waals surface area contributed by atoms with Gasteiger partial charge < -0.3 is 4.90 Å². The van der Waals surface area contributed by atoms with Gasteiger partial charge in [-0.2, -0.15) is 5.10 Å². The van der Waals surface area contributed by atoms with Gasteiger partial charge in [-0.05, 0) is 43.4 Å². The van der Waals surface area contributed by atoms with Gasteiger partial charge in [0.2, 0.25) is 5.91 Å². The molecule has 0 radical (unpaired) electrons. The van der Waals surface area contributed by atoms with Crippen molar-refractivity contribution in [3.05, 3.63) is 53.3 Å². The summed E-state index contributed by atoms with van der Waals surface area (Å²) in [6.45, 7) is 3.01. The van der Waals surface area contributed by atoms with Crippen molar-refractivity contribution in [1.82, 2.24) is 14.7 Å². The second-order valence-electron chi connectivity index (χ2n) is 6.05. The second-order valence-corrected chi connectivity index (χ2v) is 6.05. The third-order valence-electron chi connectivity index (χ3n) is 4.64. The number of nitrogens with zero attached hydrogens (tertiary/aromatic N) is 3. The Morgan fingerprint density at radius 1 is 1.32 bits per heavy atom. The fourth-order valence-corrected chi connectivity index (χ4v) is 3.37. The Kier molecular flexibility index (Phi) is 4.27. The Bertz CT molecular complexity index is 662. The van der Waals surface area contributed by atoms with Crippen LogP contribution in [0, 0.1) is 6.92 Å². The maximum absolute atomic E-state index is 12.6. The van der Waals surface area contributed by atoms with Crippen molar-refractivity contribution in [1.29, 1.82) is 0 Å². The number of carbonyl (C=O) groups excluding carboxylic acids is 1. The zero-order valence-electron chi connectivity index (χ0n) is 13.3. The van der Waals surface area contributed by atoms with Crippen LogP contribution in [0.5, 0.6) is 0 Å². The van der Waals surface area contributed by atoms with Gasteiger partial charge >= 0.3 is 0 Å². The second kappa shape index (κ2) is 6.34. The van der Waals surface area contributed by atoms with Crippen LogP contribution in [0.15, 0.2) is 36.5 Å². The van der Waals surface area contributed by atoms with Gasteiger partial charge in [0.25, 0.3) is 0 Å². The summed E-state index contributed by atoms with van der Waals surface area (Å²) in [4.78, 5) is 14.7. The zero-order chi connectivity index (χ0) is 15.5. The van der Waals surface area contributed by atoms with E-state index in [-0.39, 0.29) is 11.9 Å². The minimum atomic E-state index is 0.250. The summed E-state index contributed by atoms with van der Waals surface area (Å²) in [7, 11) is 1.92. The van der Waals surface area contributed by atoms with E-state index in [1.165, 1.54) is 11.1 Å². The lowest BCUT2D eigenvalue weighted by Gasteiger charge is -2.26. The molecule has 4 nitrogen and oxygen atoms in total. The molecule has 2 heterocycles. The highest BCUT2D eigenvalue weighted by Gasteiger charge is 2.30. The maximum atomic E-state index is 12.6. The van der Waals surface area contributed by atoms with Crippen LogP contribution in [0.2, 0.25) is 0 Å². The molecule has 0 spiro atoms. The Labute approximate surface area is 131 Å². The lowest BCUT2D eigenvalue weighted by atomic mass is 9.99. The molecule has 1 fully saturated rings. The molecule has 0 bridgehead atoms. The minimum Gasteiger partial charge on any atom is -0.336 e. The predicted molar refractivity (Wildman–Crippen MR) is 86.4 cm³/mol. The molecule has 2 aromatic rings. The number of likely N-dealkylation sites (tertiary alicyclic amines) is 1. The molecule has 1 aromatic heterocycles. The number of rotatable bonds is 4. The molecule has 4 heteroatoms. The van der Waals surface area contributed by atoms with Gasteiger partial charge in [-0.3, -0.25) is 9.48 Å². The number of hydrogen-bond acceptors (Lipinski definition) is 2. The molecule has 1 saturated heterocycles. The molecule has 0 aliphatic carbocycles. The van der Waals surface area contributed by atoms with E-state index < -0.39 is 0 Å². The summed E-state index contributed by atoms with van der Waals surface area (Å²) in [5.74, 6) is 0.256. The van der Waals surface area contributed by atoms with Crippen LogP contribution in [0.4, 0.5) is 0 Å². The first-order valence-electron chi connectivity index (χ1n) is 7.98. The van der Waals surface area contributed by atoms with Crippen molar-refractivity contribution in [3.8, 4) is 0 Å². The molecule has 0 saturated carbocycles. The molecule has 1 aliphatic heterocycles. The van der Waals surface area contributed by atoms with E-state index in [9.17, 15) is 4.79 Å². The smallest absolute Gasteiger partial charge is 0.223 e. The van der Waals surface area contributed by atoms with Gasteiger partial charge in [0.15, 0.2) is 0 Å². The van der Waals surface area contributed by atoms with E-state index in [2.05, 4.69) is 41.2 Å². The third kappa shape index (κ3) is 2.91. The van der Waals surface area contributed by atoms with Gasteiger partial charge in [0.05, 0.1) is 6.04 Å². The number of aromatic nitrogens is 2. The topological polar surface area (TPSA) is 38.1 Å². The third-order valence-corrected chi connectivity index (χ3v) is 4.64. The lowest BCUT2D eigenvalue weighted by Crippen LogP contribution is -2.31. The summed E-state index contributed by atoms with van der Waals surface area (Å²) in [5, 5.41) is 4.16. The Balaban J connectivity index is 1.69. The summed E-state index contributed by atoms with van der Waals surface area (Å²) in [5.41, 5.74) is 3.69. The average Bonchev–Trinajstić information content (AvgIpc) is 3.14. The highest BCUT2D eigenvalue weighted by Crippen LogP contribution is 2.34. The number of carbonyl (C=O) groups is 1. The standard InChI is InChI=1S/C18H23N3O/c1-14-6-3-4-7-16(14)17-8-5-13-21(17)18(22)10-9-15-11-12-19-20(15)2/h3-4,6-7,11-12,17H,5,8-10,13H2,1-2H3/t17-/m0/s1. The Morgan fingerprint density at radius 2 is 2.14 bits per heavy atom. The first-order chi connectivity index (χ1) is 10.7. The number of amides is 1. The fourth-order valence-electron chi connectivity index (χ4n) is 3.37. The Hall–Kier alpha value is -2.10. The van der Waals surface area contributed by atoms with Crippen molar-refractivity contribution in [3.63, 3.8) is 0 Å². The van der Waals surface area contributed by atoms with E-state index in [0.29, 0.717) is 6.42 Å². The van der Waals surface area contributed by atoms with E-state index >= 15 is 0 Å². The SMILES string of the molecule is Cc1ccccc1[C@@H]1CCCN1C(=O)CCc1ccnn1C. The molecule has 0 unspecified atom stereocenters. The normalized spacial score (nSPS) is 17.9. The molecular weight excluding hydrogens is 274 g/mol. The van der Waals surface area contributed by atoms with Crippen molar-refractivity contribution >= 4 is 5.91 Å². The van der Waals surface area contributed by atoms with Gasteiger partial charge in [-0.1, -0.05) is 24.3 Å². The molecule has 1 atom stereocenters. The summed E-state index contributed by atoms with van der Waals surface area (Å²) < 4.78 is 1.84. The molecule has 1 amide bonds. The van der Waals surface area contributed by atoms with Crippen LogP contribution in [-0.2, 0) is 18.3 Å². The summed E-state index contributed by atoms with van der Waals surface area (Å²) in [6, 6.07) is 10.6. The molecule has 3 rings (SSSR count). The minimum absolute atomic E-state index is 0.250. The van der Waals surface area contributed by atoms with Crippen LogP contribution in [0.1, 0.15) is 42.1 Å². The van der Waals surface area contributed by atoms with Crippen LogP contribution in [-0.4, -0.2) is 27.1 Å². The quantitative estimate of drug-likeness (QED) is 0.870. The molecule has 116 valence electrons. The first-order valence-corrected chi connectivity index (χ1v) is 7.98. The molecule has 0 N–H and O–H groups in total. The largest absolute Gasteiger partial charge is 0.336 e. The number of aryl methyl sites for hydroxylation is 3. The highest BCUT2D eigenvalue weighted by molar-refractivity contribution is 5.77. The van der Waals surface area contributed by atoms with E-state index in [1.54, 1.807) is 6.20 Å². The van der Waals surface area contributed by atoms with Crippen molar-refractivity contribution in [2.45, 2.75) is 38.6 Å². The van der Waals surface area contributed by atoms with Crippen LogP contribution in [0.25, 0.3) is 0 Å². The van der Waals surface area contributed by atoms with Crippen molar-refractivity contribution < 1.29 is 4.79 Å². The Morgan fingerprint density at radius 3 is 2.86 bits per heavy atom. The predicted octanol–water partition coefficient (Wildman–Crippen LogP) is 3.02. The average molecular weight is 297 g/mol. The summed E-state index contributed by atoms with van der Waals surface area (Å²) >= 11 is 0. The molecule has 1 aromatic carbocycles. The van der Waals surface area contributed by atoms with E-state index in [1.807, 2.05) is 17.8 Å². The van der Waals surface area contributed by atoms with Gasteiger partial charge in [0.1, 0.15) is 0 Å². The lowest BCUT2D eigenvalue weighted by molar-refractivity contribution is -0.132.